The van der Waals surface area contributed by atoms with Gasteiger partial charge in [-0.05, 0) is 49.2 Å². The smallest absolute Gasteiger partial charge is 0.274 e. The third-order valence-corrected chi connectivity index (χ3v) is 7.51. The van der Waals surface area contributed by atoms with Crippen molar-refractivity contribution < 1.29 is 13.2 Å². The highest BCUT2D eigenvalue weighted by Gasteiger charge is 2.33. The SMILES string of the molecule is O=C(c1cnc2ccccc2n1)N1CCC(S(=O)(=O)c2ccc(Cl)cc2)CC1. The third-order valence-electron chi connectivity index (χ3n) is 4.98. The van der Waals surface area contributed by atoms with Crippen LogP contribution in [0.3, 0.4) is 0 Å². The molecule has 3 aromatic rings. The minimum atomic E-state index is -3.45. The Morgan fingerprint density at radius 1 is 1.00 bits per heavy atom. The normalized spacial score (nSPS) is 15.7. The van der Waals surface area contributed by atoms with Gasteiger partial charge in [-0.1, -0.05) is 23.7 Å². The van der Waals surface area contributed by atoms with Crippen LogP contribution in [0, 0.1) is 0 Å². The second-order valence-corrected chi connectivity index (χ2v) is 9.40. The summed E-state index contributed by atoms with van der Waals surface area (Å²) in [6.07, 6.45) is 2.25. The maximum absolute atomic E-state index is 12.8. The Morgan fingerprint density at radius 3 is 2.32 bits per heavy atom. The Kier molecular flexibility index (Phi) is 5.03. The summed E-state index contributed by atoms with van der Waals surface area (Å²) in [6.45, 7) is 0.732. The summed E-state index contributed by atoms with van der Waals surface area (Å²) in [5.41, 5.74) is 1.66. The van der Waals surface area contributed by atoms with Crippen molar-refractivity contribution in [2.45, 2.75) is 23.0 Å². The number of hydrogen-bond donors (Lipinski definition) is 0. The number of halogens is 1. The lowest BCUT2D eigenvalue weighted by Crippen LogP contribution is -2.42. The van der Waals surface area contributed by atoms with Crippen molar-refractivity contribution >= 4 is 38.4 Å². The zero-order chi connectivity index (χ0) is 19.7. The molecule has 0 saturated carbocycles. The maximum atomic E-state index is 12.8. The largest absolute Gasteiger partial charge is 0.337 e. The number of benzene rings is 2. The van der Waals surface area contributed by atoms with Crippen LogP contribution in [0.15, 0.2) is 59.6 Å². The monoisotopic (exact) mass is 415 g/mol. The summed E-state index contributed by atoms with van der Waals surface area (Å²) in [6, 6.07) is 13.6. The summed E-state index contributed by atoms with van der Waals surface area (Å²) < 4.78 is 25.6. The van der Waals surface area contributed by atoms with E-state index in [4.69, 9.17) is 11.6 Å². The number of carbonyl (C=O) groups is 1. The van der Waals surface area contributed by atoms with E-state index in [-0.39, 0.29) is 16.5 Å². The van der Waals surface area contributed by atoms with E-state index in [0.29, 0.717) is 36.5 Å². The van der Waals surface area contributed by atoms with Crippen LogP contribution in [0.25, 0.3) is 11.0 Å². The molecule has 1 aromatic heterocycles. The molecule has 0 N–H and O–H groups in total. The highest BCUT2D eigenvalue weighted by molar-refractivity contribution is 7.92. The van der Waals surface area contributed by atoms with Crippen molar-refractivity contribution in [1.82, 2.24) is 14.9 Å². The van der Waals surface area contributed by atoms with Crippen molar-refractivity contribution in [2.75, 3.05) is 13.1 Å². The van der Waals surface area contributed by atoms with Gasteiger partial charge in [0.25, 0.3) is 5.91 Å². The van der Waals surface area contributed by atoms with E-state index in [9.17, 15) is 13.2 Å². The number of likely N-dealkylation sites (tertiary alicyclic amines) is 1. The van der Waals surface area contributed by atoms with Gasteiger partial charge in [-0.25, -0.2) is 13.4 Å². The standard InChI is InChI=1S/C20H18ClN3O3S/c21-14-5-7-15(8-6-14)28(26,27)16-9-11-24(12-10-16)20(25)19-13-22-17-3-1-2-4-18(17)23-19/h1-8,13,16H,9-12H2. The Hall–Kier alpha value is -2.51. The number of carbonyl (C=O) groups excluding carboxylic acids is 1. The van der Waals surface area contributed by atoms with Crippen LogP contribution < -0.4 is 0 Å². The molecular formula is C20H18ClN3O3S. The molecule has 28 heavy (non-hydrogen) atoms. The molecule has 1 fully saturated rings. The quantitative estimate of drug-likeness (QED) is 0.655. The number of fused-ring (bicyclic) bond motifs is 1. The van der Waals surface area contributed by atoms with Gasteiger partial charge in [0, 0.05) is 18.1 Å². The summed E-state index contributed by atoms with van der Waals surface area (Å²) in [5, 5.41) is -0.0173. The van der Waals surface area contributed by atoms with E-state index in [1.54, 1.807) is 17.0 Å². The van der Waals surface area contributed by atoms with Gasteiger partial charge in [0.05, 0.1) is 27.4 Å². The van der Waals surface area contributed by atoms with E-state index in [0.717, 1.165) is 5.52 Å². The fourth-order valence-corrected chi connectivity index (χ4v) is 5.27. The fraction of sp³-hybridized carbons (Fsp3) is 0.250. The van der Waals surface area contributed by atoms with Crippen LogP contribution in [0.4, 0.5) is 0 Å². The summed E-state index contributed by atoms with van der Waals surface area (Å²) >= 11 is 5.85. The molecule has 0 spiro atoms. The molecule has 0 atom stereocenters. The molecule has 1 saturated heterocycles. The van der Waals surface area contributed by atoms with Gasteiger partial charge in [0.15, 0.2) is 9.84 Å². The molecular weight excluding hydrogens is 398 g/mol. The van der Waals surface area contributed by atoms with Crippen LogP contribution in [-0.4, -0.2) is 47.5 Å². The third kappa shape index (κ3) is 3.59. The molecule has 0 radical (unpaired) electrons. The van der Waals surface area contributed by atoms with Crippen molar-refractivity contribution in [3.63, 3.8) is 0 Å². The van der Waals surface area contributed by atoms with Gasteiger partial charge >= 0.3 is 0 Å². The number of amides is 1. The van der Waals surface area contributed by atoms with Crippen LogP contribution in [0.2, 0.25) is 5.02 Å². The zero-order valence-electron chi connectivity index (χ0n) is 15.0. The summed E-state index contributed by atoms with van der Waals surface area (Å²) in [5.74, 6) is -0.222. The molecule has 1 aliphatic heterocycles. The zero-order valence-corrected chi connectivity index (χ0v) is 16.5. The Bertz CT molecular complexity index is 1120. The summed E-state index contributed by atoms with van der Waals surface area (Å²) in [4.78, 5) is 23.3. The molecule has 8 heteroatoms. The van der Waals surface area contributed by atoms with Crippen LogP contribution >= 0.6 is 11.6 Å². The van der Waals surface area contributed by atoms with Crippen LogP contribution in [-0.2, 0) is 9.84 Å². The molecule has 6 nitrogen and oxygen atoms in total. The van der Waals surface area contributed by atoms with E-state index in [1.807, 2.05) is 24.3 Å². The van der Waals surface area contributed by atoms with Crippen LogP contribution in [0.5, 0.6) is 0 Å². The highest BCUT2D eigenvalue weighted by atomic mass is 35.5. The molecule has 4 rings (SSSR count). The second kappa shape index (κ2) is 7.48. The molecule has 144 valence electrons. The first kappa shape index (κ1) is 18.8. The predicted molar refractivity (Wildman–Crippen MR) is 107 cm³/mol. The first-order valence-electron chi connectivity index (χ1n) is 8.96. The Labute approximate surface area is 168 Å². The van der Waals surface area contributed by atoms with Crippen molar-refractivity contribution in [3.8, 4) is 0 Å². The van der Waals surface area contributed by atoms with Gasteiger partial charge in [-0.3, -0.25) is 9.78 Å². The van der Waals surface area contributed by atoms with Gasteiger partial charge < -0.3 is 4.90 Å². The predicted octanol–water partition coefficient (Wildman–Crippen LogP) is 3.36. The number of hydrogen-bond acceptors (Lipinski definition) is 5. The number of nitrogens with zero attached hydrogens (tertiary/aromatic N) is 3. The van der Waals surface area contributed by atoms with E-state index in [1.165, 1.54) is 18.3 Å². The molecule has 0 aliphatic carbocycles. The van der Waals surface area contributed by atoms with Crippen LogP contribution in [0.1, 0.15) is 23.3 Å². The first-order valence-corrected chi connectivity index (χ1v) is 10.9. The molecule has 0 bridgehead atoms. The lowest BCUT2D eigenvalue weighted by Gasteiger charge is -2.31. The van der Waals surface area contributed by atoms with Gasteiger partial charge in [-0.15, -0.1) is 0 Å². The van der Waals surface area contributed by atoms with E-state index < -0.39 is 15.1 Å². The van der Waals surface area contributed by atoms with Gasteiger partial charge in [0.2, 0.25) is 0 Å². The lowest BCUT2D eigenvalue weighted by molar-refractivity contribution is 0.0719. The lowest BCUT2D eigenvalue weighted by atomic mass is 10.1. The topological polar surface area (TPSA) is 80.2 Å². The highest BCUT2D eigenvalue weighted by Crippen LogP contribution is 2.26. The molecule has 2 heterocycles. The Balaban J connectivity index is 1.47. The number of para-hydroxylation sites is 2. The molecule has 1 aliphatic rings. The maximum Gasteiger partial charge on any atom is 0.274 e. The average molecular weight is 416 g/mol. The number of rotatable bonds is 3. The van der Waals surface area contributed by atoms with Crippen molar-refractivity contribution in [1.29, 1.82) is 0 Å². The van der Waals surface area contributed by atoms with Gasteiger partial charge in [0.1, 0.15) is 5.69 Å². The summed E-state index contributed by atoms with van der Waals surface area (Å²) in [7, 11) is -3.45. The van der Waals surface area contributed by atoms with E-state index in [2.05, 4.69) is 9.97 Å². The first-order chi connectivity index (χ1) is 13.4. The van der Waals surface area contributed by atoms with E-state index >= 15 is 0 Å². The minimum absolute atomic E-state index is 0.222. The average Bonchev–Trinajstić information content (AvgIpc) is 2.73. The fourth-order valence-electron chi connectivity index (χ4n) is 3.41. The molecule has 0 unspecified atom stereocenters. The Morgan fingerprint density at radius 2 is 1.64 bits per heavy atom. The molecule has 2 aromatic carbocycles. The number of piperidine rings is 1. The van der Waals surface area contributed by atoms with Crippen molar-refractivity contribution in [3.05, 3.63) is 65.4 Å². The minimum Gasteiger partial charge on any atom is -0.337 e. The second-order valence-electron chi connectivity index (χ2n) is 6.73. The number of aromatic nitrogens is 2. The molecule has 1 amide bonds. The van der Waals surface area contributed by atoms with Gasteiger partial charge in [-0.2, -0.15) is 0 Å². The number of sulfone groups is 1. The van der Waals surface area contributed by atoms with Crippen molar-refractivity contribution in [2.24, 2.45) is 0 Å².